The summed E-state index contributed by atoms with van der Waals surface area (Å²) in [6, 6.07) is 2.40. The van der Waals surface area contributed by atoms with E-state index in [2.05, 4.69) is 26.0 Å². The van der Waals surface area contributed by atoms with E-state index in [1.165, 1.54) is 12.8 Å². The van der Waals surface area contributed by atoms with Gasteiger partial charge in [-0.3, -0.25) is 0 Å². The number of rotatable bonds is 3. The molecule has 2 atom stereocenters. The molecule has 0 aromatic carbocycles. The molecule has 1 heteroatoms. The third-order valence-electron chi connectivity index (χ3n) is 4.92. The van der Waals surface area contributed by atoms with Crippen LogP contribution in [0.4, 0.5) is 0 Å². The van der Waals surface area contributed by atoms with E-state index < -0.39 is 0 Å². The molecule has 0 unspecified atom stereocenters. The van der Waals surface area contributed by atoms with Gasteiger partial charge in [0, 0.05) is 0 Å². The molecule has 0 amide bonds. The summed E-state index contributed by atoms with van der Waals surface area (Å²) in [5, 5.41) is 9.03. The highest BCUT2D eigenvalue weighted by Crippen LogP contribution is 2.60. The number of nitriles is 1. The molecule has 1 fully saturated rings. The van der Waals surface area contributed by atoms with Gasteiger partial charge in [-0.1, -0.05) is 25.5 Å². The summed E-state index contributed by atoms with van der Waals surface area (Å²) < 4.78 is 0. The van der Waals surface area contributed by atoms with Crippen LogP contribution in [0.15, 0.2) is 11.6 Å². The standard InChI is InChI=1S/C15H23N/c1-14(2,10-16)8-7-11-5-6-12-9-13(11)15(12,3)4/h5,12-13H,6-9H2,1-4H3/t12-,13-/m0/s1. The van der Waals surface area contributed by atoms with Crippen molar-refractivity contribution < 1.29 is 0 Å². The van der Waals surface area contributed by atoms with Crippen LogP contribution >= 0.6 is 0 Å². The topological polar surface area (TPSA) is 23.8 Å². The Hall–Kier alpha value is -0.770. The van der Waals surface area contributed by atoms with Crippen LogP contribution in [0, 0.1) is 34.0 Å². The molecule has 3 aliphatic carbocycles. The Morgan fingerprint density at radius 2 is 2.19 bits per heavy atom. The van der Waals surface area contributed by atoms with Crippen LogP contribution in [0.3, 0.4) is 0 Å². The van der Waals surface area contributed by atoms with E-state index in [1.54, 1.807) is 5.57 Å². The Bertz CT molecular complexity index is 354. The zero-order chi connectivity index (χ0) is 12.0. The SMILES string of the molecule is CC(C)(C#N)CCC1=CC[C@H]2C[C@@H]1C2(C)C. The largest absolute Gasteiger partial charge is 0.198 e. The Labute approximate surface area is 99.5 Å². The summed E-state index contributed by atoms with van der Waals surface area (Å²) in [4.78, 5) is 0. The van der Waals surface area contributed by atoms with Crippen LogP contribution in [0.2, 0.25) is 0 Å². The number of hydrogen-bond acceptors (Lipinski definition) is 1. The van der Waals surface area contributed by atoms with Crippen molar-refractivity contribution in [3.05, 3.63) is 11.6 Å². The van der Waals surface area contributed by atoms with Gasteiger partial charge >= 0.3 is 0 Å². The minimum Gasteiger partial charge on any atom is -0.198 e. The fourth-order valence-corrected chi connectivity index (χ4v) is 3.27. The number of nitrogens with zero attached hydrogens (tertiary/aromatic N) is 1. The minimum absolute atomic E-state index is 0.161. The third kappa shape index (κ3) is 1.79. The maximum absolute atomic E-state index is 9.03. The highest BCUT2D eigenvalue weighted by molar-refractivity contribution is 5.23. The summed E-state index contributed by atoms with van der Waals surface area (Å²) in [6.45, 7) is 8.92. The van der Waals surface area contributed by atoms with Crippen molar-refractivity contribution in [3.63, 3.8) is 0 Å². The molecule has 0 heterocycles. The normalized spacial score (nSPS) is 31.3. The predicted octanol–water partition coefficient (Wildman–Crippen LogP) is 4.31. The van der Waals surface area contributed by atoms with Crippen molar-refractivity contribution in [2.45, 2.75) is 53.4 Å². The van der Waals surface area contributed by atoms with Gasteiger partial charge in [0.2, 0.25) is 0 Å². The monoisotopic (exact) mass is 217 g/mol. The number of hydrogen-bond donors (Lipinski definition) is 0. The summed E-state index contributed by atoms with van der Waals surface area (Å²) in [6.07, 6.45) is 7.25. The Morgan fingerprint density at radius 3 is 2.69 bits per heavy atom. The molecule has 0 aliphatic heterocycles. The van der Waals surface area contributed by atoms with Gasteiger partial charge in [-0.25, -0.2) is 0 Å². The van der Waals surface area contributed by atoms with E-state index in [0.717, 1.165) is 24.7 Å². The fraction of sp³-hybridized carbons (Fsp3) is 0.800. The molecule has 2 bridgehead atoms. The lowest BCUT2D eigenvalue weighted by Gasteiger charge is -2.56. The molecule has 88 valence electrons. The molecule has 0 N–H and O–H groups in total. The summed E-state index contributed by atoms with van der Waals surface area (Å²) in [5.74, 6) is 1.73. The van der Waals surface area contributed by atoms with Crippen LogP contribution in [-0.2, 0) is 0 Å². The van der Waals surface area contributed by atoms with Gasteiger partial charge in [0.15, 0.2) is 0 Å². The second-order valence-electron chi connectivity index (χ2n) is 6.82. The zero-order valence-corrected chi connectivity index (χ0v) is 11.0. The van der Waals surface area contributed by atoms with E-state index >= 15 is 0 Å². The third-order valence-corrected chi connectivity index (χ3v) is 4.92. The first-order valence-corrected chi connectivity index (χ1v) is 6.47. The summed E-state index contributed by atoms with van der Waals surface area (Å²) in [7, 11) is 0. The van der Waals surface area contributed by atoms with Gasteiger partial charge in [-0.15, -0.1) is 0 Å². The molecule has 1 saturated carbocycles. The van der Waals surface area contributed by atoms with E-state index in [1.807, 2.05) is 13.8 Å². The van der Waals surface area contributed by atoms with E-state index in [9.17, 15) is 0 Å². The average molecular weight is 217 g/mol. The molecule has 0 saturated heterocycles. The highest BCUT2D eigenvalue weighted by atomic mass is 14.5. The first-order valence-electron chi connectivity index (χ1n) is 6.47. The summed E-state index contributed by atoms with van der Waals surface area (Å²) >= 11 is 0. The lowest BCUT2D eigenvalue weighted by Crippen LogP contribution is -2.48. The molecular formula is C15H23N. The van der Waals surface area contributed by atoms with Gasteiger partial charge in [-0.05, 0) is 56.8 Å². The molecule has 0 aromatic rings. The zero-order valence-electron chi connectivity index (χ0n) is 11.0. The lowest BCUT2D eigenvalue weighted by molar-refractivity contribution is -0.00885. The van der Waals surface area contributed by atoms with Crippen molar-refractivity contribution in [2.24, 2.45) is 22.7 Å². The molecule has 0 spiro atoms. The number of fused-ring (bicyclic) bond motifs is 1. The molecule has 0 radical (unpaired) electrons. The first-order chi connectivity index (χ1) is 7.37. The van der Waals surface area contributed by atoms with Crippen molar-refractivity contribution in [3.8, 4) is 6.07 Å². The maximum Gasteiger partial charge on any atom is 0.0684 e. The van der Waals surface area contributed by atoms with Crippen LogP contribution in [0.5, 0.6) is 0 Å². The number of allylic oxidation sites excluding steroid dienone is 2. The highest BCUT2D eigenvalue weighted by Gasteiger charge is 2.50. The van der Waals surface area contributed by atoms with Crippen molar-refractivity contribution in [2.75, 3.05) is 0 Å². The van der Waals surface area contributed by atoms with Gasteiger partial charge < -0.3 is 0 Å². The minimum atomic E-state index is -0.161. The molecule has 0 aromatic heterocycles. The van der Waals surface area contributed by atoms with E-state index in [-0.39, 0.29) is 5.41 Å². The first kappa shape index (κ1) is 11.7. The smallest absolute Gasteiger partial charge is 0.0684 e. The molecule has 1 nitrogen and oxygen atoms in total. The molecule has 3 rings (SSSR count). The Morgan fingerprint density at radius 1 is 1.50 bits per heavy atom. The van der Waals surface area contributed by atoms with Crippen molar-refractivity contribution in [1.82, 2.24) is 0 Å². The van der Waals surface area contributed by atoms with E-state index in [0.29, 0.717) is 5.41 Å². The van der Waals surface area contributed by atoms with E-state index in [4.69, 9.17) is 5.26 Å². The van der Waals surface area contributed by atoms with Crippen molar-refractivity contribution in [1.29, 1.82) is 5.26 Å². The van der Waals surface area contributed by atoms with Gasteiger partial charge in [0.1, 0.15) is 0 Å². The quantitative estimate of drug-likeness (QED) is 0.646. The molecule has 3 aliphatic rings. The van der Waals surface area contributed by atoms with Crippen LogP contribution < -0.4 is 0 Å². The van der Waals surface area contributed by atoms with Crippen LogP contribution in [0.1, 0.15) is 53.4 Å². The van der Waals surface area contributed by atoms with Crippen LogP contribution in [-0.4, -0.2) is 0 Å². The molecular weight excluding hydrogens is 194 g/mol. The lowest BCUT2D eigenvalue weighted by atomic mass is 9.48. The predicted molar refractivity (Wildman–Crippen MR) is 66.7 cm³/mol. The maximum atomic E-state index is 9.03. The van der Waals surface area contributed by atoms with Gasteiger partial charge in [0.25, 0.3) is 0 Å². The summed E-state index contributed by atoms with van der Waals surface area (Å²) in [5.41, 5.74) is 2.00. The second-order valence-corrected chi connectivity index (χ2v) is 6.82. The molecule has 16 heavy (non-hydrogen) atoms. The van der Waals surface area contributed by atoms with Gasteiger partial charge in [-0.2, -0.15) is 5.26 Å². The Balaban J connectivity index is 1.98. The second kappa shape index (κ2) is 3.62. The van der Waals surface area contributed by atoms with Crippen molar-refractivity contribution >= 4 is 0 Å². The average Bonchev–Trinajstić information content (AvgIpc) is 2.26. The Kier molecular flexibility index (Phi) is 2.65. The fourth-order valence-electron chi connectivity index (χ4n) is 3.27. The van der Waals surface area contributed by atoms with Gasteiger partial charge in [0.05, 0.1) is 11.5 Å². The van der Waals surface area contributed by atoms with Crippen LogP contribution in [0.25, 0.3) is 0 Å².